The van der Waals surface area contributed by atoms with Crippen molar-refractivity contribution >= 4 is 33.7 Å². The quantitative estimate of drug-likeness (QED) is 0.555. The number of fused-ring (bicyclic) bond motifs is 1. The zero-order valence-electron chi connectivity index (χ0n) is 12.5. The molecule has 1 atom stereocenters. The Morgan fingerprint density at radius 2 is 1.96 bits per heavy atom. The third-order valence-electron chi connectivity index (χ3n) is 3.31. The Bertz CT molecular complexity index is 702. The number of thioether (sulfide) groups is 1. The highest BCUT2D eigenvalue weighted by molar-refractivity contribution is 9.10. The van der Waals surface area contributed by atoms with Crippen LogP contribution in [0.2, 0.25) is 0 Å². The monoisotopic (exact) mass is 394 g/mol. The molecule has 0 aromatic heterocycles. The summed E-state index contributed by atoms with van der Waals surface area (Å²) in [4.78, 5) is 12.2. The standard InChI is InChI=1S/C17H15BrO4S/c1-11(23-9-12-2-4-13(18)5-3-12)17(19)22-14-6-7-15-16(8-14)21-10-20-15/h2-8,11H,9-10H2,1H3/t11-/m0/s1. The predicted octanol–water partition coefficient (Wildman–Crippen LogP) is 4.41. The van der Waals surface area contributed by atoms with E-state index in [2.05, 4.69) is 15.9 Å². The molecular formula is C17H15BrO4S. The molecule has 0 unspecified atom stereocenters. The molecule has 4 nitrogen and oxygen atoms in total. The summed E-state index contributed by atoms with van der Waals surface area (Å²) in [5, 5.41) is -0.260. The van der Waals surface area contributed by atoms with Crippen molar-refractivity contribution in [3.63, 3.8) is 0 Å². The highest BCUT2D eigenvalue weighted by Gasteiger charge is 2.19. The van der Waals surface area contributed by atoms with Gasteiger partial charge in [-0.1, -0.05) is 28.1 Å². The number of benzene rings is 2. The molecule has 0 spiro atoms. The van der Waals surface area contributed by atoms with Crippen LogP contribution in [-0.4, -0.2) is 18.0 Å². The van der Waals surface area contributed by atoms with Gasteiger partial charge >= 0.3 is 5.97 Å². The Hall–Kier alpha value is -1.66. The first-order valence-corrected chi connectivity index (χ1v) is 8.93. The first-order valence-electron chi connectivity index (χ1n) is 7.09. The number of rotatable bonds is 5. The molecule has 2 aromatic carbocycles. The van der Waals surface area contributed by atoms with Crippen molar-refractivity contribution in [1.82, 2.24) is 0 Å². The zero-order valence-corrected chi connectivity index (χ0v) is 14.9. The van der Waals surface area contributed by atoms with E-state index in [4.69, 9.17) is 14.2 Å². The van der Waals surface area contributed by atoms with E-state index in [9.17, 15) is 4.79 Å². The Balaban J connectivity index is 1.54. The highest BCUT2D eigenvalue weighted by Crippen LogP contribution is 2.35. The maximum atomic E-state index is 12.2. The Labute approximate surface area is 147 Å². The number of ether oxygens (including phenoxy) is 3. The van der Waals surface area contributed by atoms with E-state index in [1.54, 1.807) is 30.0 Å². The smallest absolute Gasteiger partial charge is 0.324 e. The van der Waals surface area contributed by atoms with Crippen molar-refractivity contribution in [2.45, 2.75) is 17.9 Å². The molecule has 2 aromatic rings. The SMILES string of the molecule is C[C@H](SCc1ccc(Br)cc1)C(=O)Oc1ccc2c(c1)OCO2. The van der Waals surface area contributed by atoms with Gasteiger partial charge in [0.05, 0.1) is 0 Å². The molecule has 1 aliphatic heterocycles. The van der Waals surface area contributed by atoms with Crippen LogP contribution in [0.4, 0.5) is 0 Å². The van der Waals surface area contributed by atoms with Gasteiger partial charge in [-0.3, -0.25) is 4.79 Å². The molecular weight excluding hydrogens is 380 g/mol. The maximum Gasteiger partial charge on any atom is 0.324 e. The number of halogens is 1. The van der Waals surface area contributed by atoms with Crippen molar-refractivity contribution in [2.75, 3.05) is 6.79 Å². The summed E-state index contributed by atoms with van der Waals surface area (Å²) in [6.07, 6.45) is 0. The first kappa shape index (κ1) is 16.2. The molecule has 0 bridgehead atoms. The third kappa shape index (κ3) is 4.20. The Kier molecular flexibility index (Phi) is 5.13. The molecule has 120 valence electrons. The van der Waals surface area contributed by atoms with E-state index in [0.29, 0.717) is 17.2 Å². The van der Waals surface area contributed by atoms with Gasteiger partial charge in [0, 0.05) is 16.3 Å². The first-order chi connectivity index (χ1) is 11.1. The van der Waals surface area contributed by atoms with Gasteiger partial charge in [-0.05, 0) is 36.8 Å². The summed E-state index contributed by atoms with van der Waals surface area (Å²) in [6, 6.07) is 13.2. The van der Waals surface area contributed by atoms with Crippen LogP contribution < -0.4 is 14.2 Å². The van der Waals surface area contributed by atoms with Crippen LogP contribution in [0.1, 0.15) is 12.5 Å². The van der Waals surface area contributed by atoms with Gasteiger partial charge in [0.25, 0.3) is 0 Å². The fraction of sp³-hybridized carbons (Fsp3) is 0.235. The van der Waals surface area contributed by atoms with Gasteiger partial charge in [-0.15, -0.1) is 11.8 Å². The lowest BCUT2D eigenvalue weighted by atomic mass is 10.2. The average molecular weight is 395 g/mol. The minimum absolute atomic E-state index is 0.201. The van der Waals surface area contributed by atoms with Gasteiger partial charge in [-0.2, -0.15) is 0 Å². The van der Waals surface area contributed by atoms with E-state index >= 15 is 0 Å². The van der Waals surface area contributed by atoms with E-state index in [-0.39, 0.29) is 18.0 Å². The maximum absolute atomic E-state index is 12.2. The van der Waals surface area contributed by atoms with Crippen LogP contribution in [0.15, 0.2) is 46.9 Å². The molecule has 0 fully saturated rings. The number of hydrogen-bond acceptors (Lipinski definition) is 5. The van der Waals surface area contributed by atoms with Crippen LogP contribution in [0.25, 0.3) is 0 Å². The minimum Gasteiger partial charge on any atom is -0.454 e. The fourth-order valence-corrected chi connectivity index (χ4v) is 3.09. The third-order valence-corrected chi connectivity index (χ3v) is 5.03. The van der Waals surface area contributed by atoms with E-state index in [1.807, 2.05) is 31.2 Å². The van der Waals surface area contributed by atoms with E-state index in [1.165, 1.54) is 5.56 Å². The second-order valence-corrected chi connectivity index (χ2v) is 7.26. The second kappa shape index (κ2) is 7.27. The number of carbonyl (C=O) groups excluding carboxylic acids is 1. The van der Waals surface area contributed by atoms with Crippen LogP contribution in [-0.2, 0) is 10.5 Å². The van der Waals surface area contributed by atoms with Gasteiger partial charge in [-0.25, -0.2) is 0 Å². The predicted molar refractivity (Wildman–Crippen MR) is 93.1 cm³/mol. The van der Waals surface area contributed by atoms with Crippen LogP contribution in [0.5, 0.6) is 17.2 Å². The van der Waals surface area contributed by atoms with Crippen molar-refractivity contribution in [3.05, 3.63) is 52.5 Å². The lowest BCUT2D eigenvalue weighted by Crippen LogP contribution is -2.20. The number of hydrogen-bond donors (Lipinski definition) is 0. The highest BCUT2D eigenvalue weighted by atomic mass is 79.9. The van der Waals surface area contributed by atoms with Crippen molar-refractivity contribution < 1.29 is 19.0 Å². The molecule has 6 heteroatoms. The lowest BCUT2D eigenvalue weighted by Gasteiger charge is -2.11. The van der Waals surface area contributed by atoms with Gasteiger partial charge in [0.2, 0.25) is 6.79 Å². The van der Waals surface area contributed by atoms with Crippen molar-refractivity contribution in [2.24, 2.45) is 0 Å². The van der Waals surface area contributed by atoms with Crippen LogP contribution >= 0.6 is 27.7 Å². The van der Waals surface area contributed by atoms with Gasteiger partial charge < -0.3 is 14.2 Å². The molecule has 3 rings (SSSR count). The van der Waals surface area contributed by atoms with Crippen molar-refractivity contribution in [1.29, 1.82) is 0 Å². The molecule has 0 aliphatic carbocycles. The van der Waals surface area contributed by atoms with E-state index < -0.39 is 0 Å². The molecule has 0 N–H and O–H groups in total. The summed E-state index contributed by atoms with van der Waals surface area (Å²) in [6.45, 7) is 2.05. The van der Waals surface area contributed by atoms with Crippen LogP contribution in [0.3, 0.4) is 0 Å². The largest absolute Gasteiger partial charge is 0.454 e. The zero-order chi connectivity index (χ0) is 16.2. The van der Waals surface area contributed by atoms with Gasteiger partial charge in [0.1, 0.15) is 11.0 Å². The number of esters is 1. The second-order valence-electron chi connectivity index (χ2n) is 5.02. The Morgan fingerprint density at radius 3 is 2.74 bits per heavy atom. The molecule has 23 heavy (non-hydrogen) atoms. The molecule has 1 aliphatic rings. The molecule has 0 saturated heterocycles. The van der Waals surface area contributed by atoms with Crippen LogP contribution in [0, 0.1) is 0 Å². The van der Waals surface area contributed by atoms with E-state index in [0.717, 1.165) is 10.2 Å². The minimum atomic E-state index is -0.272. The summed E-state index contributed by atoms with van der Waals surface area (Å²) in [5.41, 5.74) is 1.17. The Morgan fingerprint density at radius 1 is 1.22 bits per heavy atom. The molecule has 1 heterocycles. The fourth-order valence-electron chi connectivity index (χ4n) is 2.01. The topological polar surface area (TPSA) is 44.8 Å². The number of carbonyl (C=O) groups is 1. The lowest BCUT2D eigenvalue weighted by molar-refractivity contribution is -0.133. The summed E-state index contributed by atoms with van der Waals surface area (Å²) in [7, 11) is 0. The summed E-state index contributed by atoms with van der Waals surface area (Å²) >= 11 is 4.95. The average Bonchev–Trinajstić information content (AvgIpc) is 3.01. The molecule has 0 saturated carbocycles. The molecule has 0 amide bonds. The van der Waals surface area contributed by atoms with Crippen molar-refractivity contribution in [3.8, 4) is 17.2 Å². The summed E-state index contributed by atoms with van der Waals surface area (Å²) < 4.78 is 17.0. The van der Waals surface area contributed by atoms with Gasteiger partial charge in [0.15, 0.2) is 11.5 Å². The molecule has 0 radical (unpaired) electrons. The normalized spacial score (nSPS) is 13.7. The summed E-state index contributed by atoms with van der Waals surface area (Å²) in [5.74, 6) is 2.22.